The number of para-hydroxylation sites is 2. The minimum Gasteiger partial charge on any atom is -0.457 e. The zero-order valence-electron chi connectivity index (χ0n) is 16.2. The molecule has 11 heteroatoms. The van der Waals surface area contributed by atoms with Crippen molar-refractivity contribution in [3.8, 4) is 11.9 Å². The first-order valence-corrected chi connectivity index (χ1v) is 10.8. The van der Waals surface area contributed by atoms with Crippen molar-refractivity contribution in [1.29, 1.82) is 5.26 Å². The largest absolute Gasteiger partial charge is 0.457 e. The van der Waals surface area contributed by atoms with Crippen LogP contribution in [0, 0.1) is 11.3 Å². The molecular weight excluding hydrogens is 433 g/mol. The number of nitriles is 1. The van der Waals surface area contributed by atoms with Gasteiger partial charge < -0.3 is 4.74 Å². The highest BCUT2D eigenvalue weighted by Gasteiger charge is 2.44. The third kappa shape index (κ3) is 5.40. The number of rotatable bonds is 7. The number of sulfonamides is 1. The smallest absolute Gasteiger partial charge is 0.429 e. The highest BCUT2D eigenvalue weighted by molar-refractivity contribution is 7.92. The van der Waals surface area contributed by atoms with Crippen LogP contribution in [0.1, 0.15) is 30.6 Å². The summed E-state index contributed by atoms with van der Waals surface area (Å²) in [6, 6.07) is 12.9. The Balaban J connectivity index is 2.11. The van der Waals surface area contributed by atoms with E-state index in [0.29, 0.717) is 6.42 Å². The number of anilines is 1. The van der Waals surface area contributed by atoms with Gasteiger partial charge in [0, 0.05) is 5.56 Å². The Bertz CT molecular complexity index is 1240. The number of nitrogens with one attached hydrogen (secondary N) is 1. The van der Waals surface area contributed by atoms with Crippen molar-refractivity contribution in [3.63, 3.8) is 0 Å². The fraction of sp³-hybridized carbons (Fsp3) is 0.250. The topological polar surface area (TPSA) is 105 Å². The standard InChI is InChI=1S/C20H17F3N4O3S/c1-2-10-31(28,29)27-18-19(26-16-9-4-3-8-15(16)25-18)30-17(20(21,22)23)14-7-5-6-13(11-14)12-24/h3-9,11,17H,2,10H2,1H3,(H,25,27). The number of hydrogen-bond acceptors (Lipinski definition) is 6. The quantitative estimate of drug-likeness (QED) is 0.574. The molecule has 1 atom stereocenters. The first-order valence-electron chi connectivity index (χ1n) is 9.13. The summed E-state index contributed by atoms with van der Waals surface area (Å²) in [5, 5.41) is 9.01. The summed E-state index contributed by atoms with van der Waals surface area (Å²) in [4.78, 5) is 8.17. The highest BCUT2D eigenvalue weighted by atomic mass is 32.2. The van der Waals surface area contributed by atoms with Crippen LogP contribution in [0.5, 0.6) is 5.88 Å². The Morgan fingerprint density at radius 2 is 1.81 bits per heavy atom. The fourth-order valence-electron chi connectivity index (χ4n) is 2.81. The second kappa shape index (κ2) is 8.77. The lowest BCUT2D eigenvalue weighted by molar-refractivity contribution is -0.198. The van der Waals surface area contributed by atoms with Gasteiger partial charge in [0.2, 0.25) is 21.9 Å². The van der Waals surface area contributed by atoms with E-state index in [-0.39, 0.29) is 27.9 Å². The fourth-order valence-corrected chi connectivity index (χ4v) is 3.87. The number of nitrogens with zero attached hydrogens (tertiary/aromatic N) is 3. The summed E-state index contributed by atoms with van der Waals surface area (Å²) < 4.78 is 73.3. The second-order valence-electron chi connectivity index (χ2n) is 6.56. The van der Waals surface area contributed by atoms with Crippen molar-refractivity contribution in [1.82, 2.24) is 9.97 Å². The third-order valence-electron chi connectivity index (χ3n) is 4.11. The van der Waals surface area contributed by atoms with Gasteiger partial charge in [0.1, 0.15) is 0 Å². The Morgan fingerprint density at radius 1 is 1.13 bits per heavy atom. The van der Waals surface area contributed by atoms with E-state index in [0.717, 1.165) is 12.1 Å². The molecule has 0 amide bonds. The molecule has 0 radical (unpaired) electrons. The molecule has 3 aromatic rings. The van der Waals surface area contributed by atoms with Gasteiger partial charge >= 0.3 is 6.18 Å². The molecule has 1 N–H and O–H groups in total. The first kappa shape index (κ1) is 22.3. The van der Waals surface area contributed by atoms with Gasteiger partial charge in [-0.3, -0.25) is 4.72 Å². The molecular formula is C20H17F3N4O3S. The van der Waals surface area contributed by atoms with Crippen LogP contribution < -0.4 is 9.46 Å². The number of halogens is 3. The molecule has 7 nitrogen and oxygen atoms in total. The van der Waals surface area contributed by atoms with E-state index in [1.807, 2.05) is 0 Å². The van der Waals surface area contributed by atoms with E-state index >= 15 is 0 Å². The summed E-state index contributed by atoms with van der Waals surface area (Å²) in [5.74, 6) is -1.32. The highest BCUT2D eigenvalue weighted by Crippen LogP contribution is 2.38. The van der Waals surface area contributed by atoms with Gasteiger partial charge in [-0.25, -0.2) is 18.4 Å². The maximum atomic E-state index is 13.8. The van der Waals surface area contributed by atoms with Crippen LogP contribution in [0.4, 0.5) is 19.0 Å². The number of benzene rings is 2. The summed E-state index contributed by atoms with van der Waals surface area (Å²) in [6.07, 6.45) is -7.08. The molecule has 0 aliphatic carbocycles. The van der Waals surface area contributed by atoms with E-state index in [4.69, 9.17) is 10.00 Å². The summed E-state index contributed by atoms with van der Waals surface area (Å²) >= 11 is 0. The minimum absolute atomic E-state index is 0.0174. The van der Waals surface area contributed by atoms with Gasteiger partial charge in [-0.2, -0.15) is 18.4 Å². The van der Waals surface area contributed by atoms with E-state index in [2.05, 4.69) is 14.7 Å². The molecule has 2 aromatic carbocycles. The molecule has 0 saturated heterocycles. The molecule has 1 aromatic heterocycles. The average Bonchev–Trinajstić information content (AvgIpc) is 2.70. The number of hydrogen-bond donors (Lipinski definition) is 1. The van der Waals surface area contributed by atoms with Gasteiger partial charge in [0.15, 0.2) is 0 Å². The average molecular weight is 450 g/mol. The molecule has 0 saturated carbocycles. The normalized spacial score (nSPS) is 12.9. The molecule has 0 bridgehead atoms. The van der Waals surface area contributed by atoms with Gasteiger partial charge in [-0.15, -0.1) is 0 Å². The van der Waals surface area contributed by atoms with Crippen LogP contribution in [0.15, 0.2) is 48.5 Å². The molecule has 0 fully saturated rings. The summed E-state index contributed by atoms with van der Waals surface area (Å²) in [6.45, 7) is 1.64. The zero-order chi connectivity index (χ0) is 22.6. The van der Waals surface area contributed by atoms with Crippen LogP contribution in [0.25, 0.3) is 11.0 Å². The van der Waals surface area contributed by atoms with Crippen molar-refractivity contribution in [2.75, 3.05) is 10.5 Å². The molecule has 1 unspecified atom stereocenters. The van der Waals surface area contributed by atoms with E-state index in [1.165, 1.54) is 18.2 Å². The molecule has 0 spiro atoms. The predicted octanol–water partition coefficient (Wildman–Crippen LogP) is 4.34. The van der Waals surface area contributed by atoms with Gasteiger partial charge in [0.05, 0.1) is 28.4 Å². The predicted molar refractivity (Wildman–Crippen MR) is 108 cm³/mol. The van der Waals surface area contributed by atoms with Crippen LogP contribution >= 0.6 is 0 Å². The van der Waals surface area contributed by atoms with Crippen molar-refractivity contribution in [3.05, 3.63) is 59.7 Å². The lowest BCUT2D eigenvalue weighted by Crippen LogP contribution is -2.27. The minimum atomic E-state index is -4.87. The molecule has 0 aliphatic rings. The molecule has 1 heterocycles. The van der Waals surface area contributed by atoms with Crippen molar-refractivity contribution in [2.24, 2.45) is 0 Å². The van der Waals surface area contributed by atoms with E-state index in [1.54, 1.807) is 31.2 Å². The van der Waals surface area contributed by atoms with Gasteiger partial charge in [0.25, 0.3) is 5.88 Å². The Kier molecular flexibility index (Phi) is 6.31. The molecule has 3 rings (SSSR count). The van der Waals surface area contributed by atoms with Crippen LogP contribution in [0.3, 0.4) is 0 Å². The molecule has 162 valence electrons. The first-order chi connectivity index (χ1) is 14.6. The van der Waals surface area contributed by atoms with E-state index in [9.17, 15) is 21.6 Å². The van der Waals surface area contributed by atoms with Crippen molar-refractivity contribution >= 4 is 26.9 Å². The van der Waals surface area contributed by atoms with Crippen molar-refractivity contribution < 1.29 is 26.3 Å². The zero-order valence-corrected chi connectivity index (χ0v) is 17.0. The summed E-state index contributed by atoms with van der Waals surface area (Å²) in [5.41, 5.74) is 0.189. The summed E-state index contributed by atoms with van der Waals surface area (Å²) in [7, 11) is -3.88. The monoisotopic (exact) mass is 450 g/mol. The second-order valence-corrected chi connectivity index (χ2v) is 8.41. The third-order valence-corrected chi connectivity index (χ3v) is 5.56. The Hall–Kier alpha value is -3.39. The number of ether oxygens (including phenoxy) is 1. The lowest BCUT2D eigenvalue weighted by atomic mass is 10.1. The molecule has 31 heavy (non-hydrogen) atoms. The van der Waals surface area contributed by atoms with Crippen LogP contribution in [0.2, 0.25) is 0 Å². The van der Waals surface area contributed by atoms with Gasteiger partial charge in [-0.05, 0) is 30.7 Å². The Labute approximate surface area is 176 Å². The maximum absolute atomic E-state index is 13.8. The SMILES string of the molecule is CCCS(=O)(=O)Nc1nc2ccccc2nc1OC(c1cccc(C#N)c1)C(F)(F)F. The number of alkyl halides is 3. The number of aromatic nitrogens is 2. The maximum Gasteiger partial charge on any atom is 0.429 e. The van der Waals surface area contributed by atoms with Crippen LogP contribution in [-0.2, 0) is 10.0 Å². The molecule has 0 aliphatic heterocycles. The van der Waals surface area contributed by atoms with E-state index < -0.39 is 34.0 Å². The van der Waals surface area contributed by atoms with Crippen LogP contribution in [-0.4, -0.2) is 30.3 Å². The van der Waals surface area contributed by atoms with Gasteiger partial charge in [-0.1, -0.05) is 31.2 Å². The lowest BCUT2D eigenvalue weighted by Gasteiger charge is -2.23. The van der Waals surface area contributed by atoms with Crippen molar-refractivity contribution in [2.45, 2.75) is 25.6 Å². The Morgan fingerprint density at radius 3 is 2.42 bits per heavy atom. The number of fused-ring (bicyclic) bond motifs is 1.